The van der Waals surface area contributed by atoms with Crippen molar-refractivity contribution in [3.8, 4) is 11.9 Å². The lowest BCUT2D eigenvalue weighted by Crippen LogP contribution is -2.29. The topological polar surface area (TPSA) is 160 Å². The van der Waals surface area contributed by atoms with Crippen LogP contribution in [0.4, 0.5) is 16.2 Å². The number of nitrogens with one attached hydrogen (secondary N) is 2. The van der Waals surface area contributed by atoms with Crippen molar-refractivity contribution in [1.82, 2.24) is 10.4 Å². The van der Waals surface area contributed by atoms with Gasteiger partial charge in [-0.1, -0.05) is 17.8 Å². The Bertz CT molecular complexity index is 1400. The Hall–Kier alpha value is -3.69. The van der Waals surface area contributed by atoms with Crippen molar-refractivity contribution < 1.29 is 18.3 Å². The third kappa shape index (κ3) is 5.57. The van der Waals surface area contributed by atoms with Gasteiger partial charge in [0.15, 0.2) is 15.5 Å². The molecule has 12 heteroatoms. The van der Waals surface area contributed by atoms with Crippen LogP contribution >= 0.6 is 11.8 Å². The maximum Gasteiger partial charge on any atom is 0.299 e. The van der Waals surface area contributed by atoms with Crippen molar-refractivity contribution in [3.05, 3.63) is 48.0 Å². The number of amides is 1. The first kappa shape index (κ1) is 24.0. The van der Waals surface area contributed by atoms with Crippen molar-refractivity contribution in [2.45, 2.75) is 24.0 Å². The summed E-state index contributed by atoms with van der Waals surface area (Å²) in [6.45, 7) is 3.32. The predicted octanol–water partition coefficient (Wildman–Crippen LogP) is 4.77. The number of carbonyl (C=O) groups is 1. The second kappa shape index (κ2) is 9.85. The van der Waals surface area contributed by atoms with Gasteiger partial charge in [-0.2, -0.15) is 15.5 Å². The molecule has 0 radical (unpaired) electrons. The monoisotopic (exact) mass is 484 g/mol. The molecule has 170 valence electrons. The van der Waals surface area contributed by atoms with Crippen molar-refractivity contribution in [2.24, 2.45) is 15.3 Å². The van der Waals surface area contributed by atoms with Crippen LogP contribution in [0.5, 0.6) is 5.88 Å². The summed E-state index contributed by atoms with van der Waals surface area (Å²) in [4.78, 5) is 14.5. The van der Waals surface area contributed by atoms with Gasteiger partial charge in [-0.3, -0.25) is 4.79 Å². The normalized spacial score (nSPS) is 16.0. The standard InChI is InChI=1S/C19H17N5O4S2.C2H3N/c1-10-16(22-24-19(26)29-10)11-3-8-15-14(9-11)17(18(25)20-15)23-21-12-4-6-13(7-5-12)30(2,27)28;1-2-3/h3-10,20,25H,1-2H3,(H,24,26);1H3. The van der Waals surface area contributed by atoms with E-state index >= 15 is 0 Å². The van der Waals surface area contributed by atoms with Crippen LogP contribution in [-0.2, 0) is 9.84 Å². The van der Waals surface area contributed by atoms with Gasteiger partial charge >= 0.3 is 0 Å². The number of hydrogen-bond donors (Lipinski definition) is 3. The lowest BCUT2D eigenvalue weighted by molar-refractivity contribution is 0.261. The number of hydrazone groups is 1. The molecule has 2 aromatic carbocycles. The fourth-order valence-electron chi connectivity index (χ4n) is 3.03. The fraction of sp³-hybridized carbons (Fsp3) is 0.190. The average molecular weight is 485 g/mol. The average Bonchev–Trinajstić information content (AvgIpc) is 3.06. The molecule has 1 amide bonds. The number of rotatable bonds is 4. The van der Waals surface area contributed by atoms with E-state index in [2.05, 4.69) is 25.7 Å². The summed E-state index contributed by atoms with van der Waals surface area (Å²) in [6, 6.07) is 13.2. The Labute approximate surface area is 194 Å². The number of aromatic hydroxyl groups is 1. The molecule has 3 aromatic rings. The molecular formula is C21H20N6O4S2. The van der Waals surface area contributed by atoms with Crippen LogP contribution in [0, 0.1) is 11.3 Å². The van der Waals surface area contributed by atoms with Gasteiger partial charge in [0.1, 0.15) is 0 Å². The van der Waals surface area contributed by atoms with E-state index in [0.717, 1.165) is 23.6 Å². The fourth-order valence-corrected chi connectivity index (χ4v) is 4.38. The quantitative estimate of drug-likeness (QED) is 0.452. The Morgan fingerprint density at radius 3 is 2.45 bits per heavy atom. The van der Waals surface area contributed by atoms with Crippen LogP contribution in [-0.4, -0.2) is 41.0 Å². The third-order valence-corrected chi connectivity index (χ3v) is 6.53. The number of nitriles is 1. The number of carbonyl (C=O) groups excluding carboxylic acids is 1. The molecule has 0 fully saturated rings. The van der Waals surface area contributed by atoms with Gasteiger partial charge in [0, 0.05) is 18.6 Å². The Balaban J connectivity index is 0.000000968. The smallest absolute Gasteiger partial charge is 0.299 e. The minimum absolute atomic E-state index is 0.123. The number of fused-ring (bicyclic) bond motifs is 1. The largest absolute Gasteiger partial charge is 0.493 e. The predicted molar refractivity (Wildman–Crippen MR) is 127 cm³/mol. The zero-order valence-corrected chi connectivity index (χ0v) is 19.5. The first-order chi connectivity index (χ1) is 15.6. The molecule has 0 aliphatic carbocycles. The summed E-state index contributed by atoms with van der Waals surface area (Å²) in [7, 11) is -3.29. The van der Waals surface area contributed by atoms with Crippen LogP contribution in [0.25, 0.3) is 10.9 Å². The summed E-state index contributed by atoms with van der Waals surface area (Å²) in [5.74, 6) is -0.139. The molecule has 0 saturated carbocycles. The number of hydrogen-bond acceptors (Lipinski definition) is 9. The zero-order valence-electron chi connectivity index (χ0n) is 17.9. The first-order valence-corrected chi connectivity index (χ1v) is 12.3. The lowest BCUT2D eigenvalue weighted by atomic mass is 10.1. The van der Waals surface area contributed by atoms with E-state index in [-0.39, 0.29) is 27.0 Å². The molecule has 3 N–H and O–H groups in total. The zero-order chi connectivity index (χ0) is 24.2. The number of azo groups is 1. The van der Waals surface area contributed by atoms with Gasteiger partial charge in [0.25, 0.3) is 5.24 Å². The van der Waals surface area contributed by atoms with Crippen LogP contribution in [0.1, 0.15) is 19.4 Å². The van der Waals surface area contributed by atoms with E-state index in [1.165, 1.54) is 31.2 Å². The molecule has 10 nitrogen and oxygen atoms in total. The molecule has 1 atom stereocenters. The summed E-state index contributed by atoms with van der Waals surface area (Å²) in [5, 5.41) is 30.3. The van der Waals surface area contributed by atoms with Gasteiger partial charge in [0.05, 0.1) is 33.1 Å². The van der Waals surface area contributed by atoms with Gasteiger partial charge < -0.3 is 10.1 Å². The summed E-state index contributed by atoms with van der Waals surface area (Å²) < 4.78 is 23.1. The third-order valence-electron chi connectivity index (χ3n) is 4.51. The summed E-state index contributed by atoms with van der Waals surface area (Å²) in [6.07, 6.45) is 1.13. The van der Waals surface area contributed by atoms with Crippen LogP contribution in [0.3, 0.4) is 0 Å². The summed E-state index contributed by atoms with van der Waals surface area (Å²) >= 11 is 1.15. The van der Waals surface area contributed by atoms with Gasteiger partial charge in [-0.25, -0.2) is 13.8 Å². The number of benzene rings is 2. The maximum absolute atomic E-state index is 11.6. The van der Waals surface area contributed by atoms with Crippen LogP contribution < -0.4 is 5.43 Å². The van der Waals surface area contributed by atoms with E-state index in [9.17, 15) is 18.3 Å². The van der Waals surface area contributed by atoms with Crippen molar-refractivity contribution in [2.75, 3.05) is 6.26 Å². The molecule has 1 unspecified atom stereocenters. The van der Waals surface area contributed by atoms with Crippen molar-refractivity contribution in [3.63, 3.8) is 0 Å². The number of aromatic nitrogens is 1. The molecule has 2 heterocycles. The molecule has 1 aromatic heterocycles. The number of thioether (sulfide) groups is 1. The van der Waals surface area contributed by atoms with Crippen LogP contribution in [0.2, 0.25) is 0 Å². The Kier molecular flexibility index (Phi) is 7.15. The molecule has 1 aliphatic rings. The molecule has 0 saturated heterocycles. The number of nitrogens with zero attached hydrogens (tertiary/aromatic N) is 4. The van der Waals surface area contributed by atoms with Gasteiger partial charge in [0.2, 0.25) is 5.88 Å². The van der Waals surface area contributed by atoms with E-state index in [4.69, 9.17) is 5.26 Å². The second-order valence-corrected chi connectivity index (χ2v) is 10.3. The number of sulfone groups is 1. The minimum Gasteiger partial charge on any atom is -0.493 e. The lowest BCUT2D eigenvalue weighted by Gasteiger charge is -2.18. The van der Waals surface area contributed by atoms with Crippen molar-refractivity contribution in [1.29, 1.82) is 5.26 Å². The second-order valence-electron chi connectivity index (χ2n) is 6.93. The van der Waals surface area contributed by atoms with E-state index < -0.39 is 9.84 Å². The molecule has 1 aliphatic heterocycles. The molecule has 4 rings (SSSR count). The van der Waals surface area contributed by atoms with E-state index in [1.807, 2.05) is 19.1 Å². The van der Waals surface area contributed by atoms with Crippen LogP contribution in [0.15, 0.2) is 62.7 Å². The highest BCUT2D eigenvalue weighted by molar-refractivity contribution is 8.14. The van der Waals surface area contributed by atoms with Gasteiger partial charge in [-0.05, 0) is 48.9 Å². The highest BCUT2D eigenvalue weighted by Gasteiger charge is 2.23. The molecule has 33 heavy (non-hydrogen) atoms. The van der Waals surface area contributed by atoms with Crippen molar-refractivity contribution >= 4 is 54.8 Å². The highest BCUT2D eigenvalue weighted by Crippen LogP contribution is 2.37. The van der Waals surface area contributed by atoms with E-state index in [1.54, 1.807) is 12.1 Å². The maximum atomic E-state index is 11.6. The summed E-state index contributed by atoms with van der Waals surface area (Å²) in [5.41, 5.74) is 5.31. The SMILES string of the molecule is CC#N.CC1SC(=O)NN=C1c1ccc2[nH]c(O)c(N=Nc3ccc(S(C)(=O)=O)cc3)c2c1. The Morgan fingerprint density at radius 2 is 1.85 bits per heavy atom. The number of H-pyrrole nitrogens is 1. The van der Waals surface area contributed by atoms with Gasteiger partial charge in [-0.15, -0.1) is 5.11 Å². The molecule has 0 spiro atoms. The van der Waals surface area contributed by atoms with E-state index in [0.29, 0.717) is 22.3 Å². The molecule has 0 bridgehead atoms. The molecular weight excluding hydrogens is 464 g/mol. The highest BCUT2D eigenvalue weighted by atomic mass is 32.2. The minimum atomic E-state index is -3.29. The first-order valence-electron chi connectivity index (χ1n) is 9.56. The number of aromatic amines is 1. The Morgan fingerprint density at radius 1 is 1.18 bits per heavy atom.